The van der Waals surface area contributed by atoms with Gasteiger partial charge in [0.25, 0.3) is 5.91 Å². The molecule has 5 heteroatoms. The van der Waals surface area contributed by atoms with E-state index >= 15 is 0 Å². The highest BCUT2D eigenvalue weighted by Gasteiger charge is 2.32. The Bertz CT molecular complexity index is 711. The lowest BCUT2D eigenvalue weighted by molar-refractivity contribution is 0.0735. The molecule has 1 aromatic heterocycles. The number of aryl methyl sites for hydroxylation is 2. The van der Waals surface area contributed by atoms with Crippen LogP contribution < -0.4 is 0 Å². The van der Waals surface area contributed by atoms with Gasteiger partial charge in [0.05, 0.1) is 12.6 Å². The van der Waals surface area contributed by atoms with E-state index < -0.39 is 0 Å². The summed E-state index contributed by atoms with van der Waals surface area (Å²) >= 11 is 1.65. The molecule has 0 saturated carbocycles. The van der Waals surface area contributed by atoms with E-state index in [0.29, 0.717) is 6.61 Å². The molecule has 0 radical (unpaired) electrons. The minimum atomic E-state index is 0.0985. The second-order valence-electron chi connectivity index (χ2n) is 6.12. The van der Waals surface area contributed by atoms with E-state index in [-0.39, 0.29) is 11.9 Å². The number of benzene rings is 1. The van der Waals surface area contributed by atoms with Crippen LogP contribution in [0.4, 0.5) is 0 Å². The first-order chi connectivity index (χ1) is 11.1. The van der Waals surface area contributed by atoms with Crippen LogP contribution in [0.25, 0.3) is 0 Å². The molecule has 23 heavy (non-hydrogen) atoms. The highest BCUT2D eigenvalue weighted by Crippen LogP contribution is 2.34. The van der Waals surface area contributed by atoms with Gasteiger partial charge in [-0.25, -0.2) is 4.98 Å². The predicted molar refractivity (Wildman–Crippen MR) is 91.8 cm³/mol. The number of carbonyl (C=O) groups excluding carboxylic acids is 1. The molecule has 122 valence electrons. The summed E-state index contributed by atoms with van der Waals surface area (Å²) in [5, 5.41) is 3.11. The largest absolute Gasteiger partial charge is 0.380 e. The number of nitrogens with zero attached hydrogens (tertiary/aromatic N) is 2. The Kier molecular flexibility index (Phi) is 4.78. The van der Waals surface area contributed by atoms with E-state index in [9.17, 15) is 4.79 Å². The van der Waals surface area contributed by atoms with Gasteiger partial charge in [0, 0.05) is 30.3 Å². The molecule has 2 aromatic rings. The van der Waals surface area contributed by atoms with Crippen LogP contribution >= 0.6 is 11.3 Å². The normalized spacial score (nSPS) is 17.7. The van der Waals surface area contributed by atoms with Gasteiger partial charge in [-0.3, -0.25) is 4.79 Å². The Labute approximate surface area is 141 Å². The highest BCUT2D eigenvalue weighted by molar-refractivity contribution is 7.09. The Balaban J connectivity index is 1.87. The standard InChI is InChI=1S/C18H22N2O2S/c1-12-7-14(10-22-3)9-15(8-12)18(21)20-6-4-5-16(20)17-19-13(2)11-23-17/h7-9,11,16H,4-6,10H2,1-3H3. The zero-order valence-corrected chi connectivity index (χ0v) is 14.7. The van der Waals surface area contributed by atoms with Crippen LogP contribution in [0.1, 0.15) is 51.1 Å². The zero-order valence-electron chi connectivity index (χ0n) is 13.8. The van der Waals surface area contributed by atoms with Crippen molar-refractivity contribution < 1.29 is 9.53 Å². The molecule has 1 atom stereocenters. The fourth-order valence-corrected chi connectivity index (χ4v) is 4.14. The Morgan fingerprint density at radius 3 is 2.91 bits per heavy atom. The van der Waals surface area contributed by atoms with Crippen molar-refractivity contribution in [1.29, 1.82) is 0 Å². The summed E-state index contributed by atoms with van der Waals surface area (Å²) in [6.45, 7) is 5.34. The number of hydrogen-bond acceptors (Lipinski definition) is 4. The van der Waals surface area contributed by atoms with Crippen molar-refractivity contribution in [2.24, 2.45) is 0 Å². The molecule has 1 aliphatic heterocycles. The summed E-state index contributed by atoms with van der Waals surface area (Å²) in [7, 11) is 1.67. The van der Waals surface area contributed by atoms with Crippen LogP contribution in [-0.4, -0.2) is 29.4 Å². The van der Waals surface area contributed by atoms with E-state index in [2.05, 4.69) is 16.4 Å². The summed E-state index contributed by atoms with van der Waals surface area (Å²) in [6.07, 6.45) is 2.03. The maximum absolute atomic E-state index is 13.0. The summed E-state index contributed by atoms with van der Waals surface area (Å²) in [5.74, 6) is 0.0985. The monoisotopic (exact) mass is 330 g/mol. The number of likely N-dealkylation sites (tertiary alicyclic amines) is 1. The van der Waals surface area contributed by atoms with Gasteiger partial charge in [-0.2, -0.15) is 0 Å². The molecule has 1 unspecified atom stereocenters. The molecule has 0 N–H and O–H groups in total. The average molecular weight is 330 g/mol. The Morgan fingerprint density at radius 2 is 2.22 bits per heavy atom. The molecule has 1 fully saturated rings. The van der Waals surface area contributed by atoms with E-state index in [1.54, 1.807) is 18.4 Å². The van der Waals surface area contributed by atoms with Crippen molar-refractivity contribution in [2.75, 3.05) is 13.7 Å². The lowest BCUT2D eigenvalue weighted by Crippen LogP contribution is -2.30. The van der Waals surface area contributed by atoms with Gasteiger partial charge in [-0.15, -0.1) is 11.3 Å². The van der Waals surface area contributed by atoms with Crippen LogP contribution in [0, 0.1) is 13.8 Å². The van der Waals surface area contributed by atoms with Gasteiger partial charge < -0.3 is 9.64 Å². The number of carbonyl (C=O) groups is 1. The Morgan fingerprint density at radius 1 is 1.39 bits per heavy atom. The maximum Gasteiger partial charge on any atom is 0.254 e. The number of aromatic nitrogens is 1. The number of ether oxygens (including phenoxy) is 1. The molecule has 1 aromatic carbocycles. The molecule has 3 rings (SSSR count). The minimum absolute atomic E-state index is 0.0985. The van der Waals surface area contributed by atoms with Crippen molar-refractivity contribution in [3.05, 3.63) is 51.0 Å². The molecule has 1 saturated heterocycles. The third-order valence-corrected chi connectivity index (χ3v) is 5.19. The fourth-order valence-electron chi connectivity index (χ4n) is 3.19. The second-order valence-corrected chi connectivity index (χ2v) is 7.01. The molecule has 0 aliphatic carbocycles. The van der Waals surface area contributed by atoms with Crippen molar-refractivity contribution in [2.45, 2.75) is 39.3 Å². The van der Waals surface area contributed by atoms with Crippen LogP contribution in [0.3, 0.4) is 0 Å². The van der Waals surface area contributed by atoms with Crippen molar-refractivity contribution in [3.63, 3.8) is 0 Å². The van der Waals surface area contributed by atoms with E-state index in [4.69, 9.17) is 4.74 Å². The second kappa shape index (κ2) is 6.81. The van der Waals surface area contributed by atoms with Gasteiger partial charge in [0.2, 0.25) is 0 Å². The molecular weight excluding hydrogens is 308 g/mol. The maximum atomic E-state index is 13.0. The van der Waals surface area contributed by atoms with Crippen LogP contribution in [0.2, 0.25) is 0 Å². The van der Waals surface area contributed by atoms with Crippen molar-refractivity contribution in [1.82, 2.24) is 9.88 Å². The summed E-state index contributed by atoms with van der Waals surface area (Å²) < 4.78 is 5.20. The first-order valence-electron chi connectivity index (χ1n) is 7.91. The highest BCUT2D eigenvalue weighted by atomic mass is 32.1. The van der Waals surface area contributed by atoms with E-state index in [0.717, 1.165) is 46.8 Å². The molecule has 0 bridgehead atoms. The predicted octanol–water partition coefficient (Wildman–Crippen LogP) is 3.88. The lowest BCUT2D eigenvalue weighted by atomic mass is 10.1. The van der Waals surface area contributed by atoms with Gasteiger partial charge in [-0.05, 0) is 49.9 Å². The number of methoxy groups -OCH3 is 1. The van der Waals surface area contributed by atoms with Crippen LogP contribution in [0.15, 0.2) is 23.6 Å². The van der Waals surface area contributed by atoms with Crippen LogP contribution in [-0.2, 0) is 11.3 Å². The summed E-state index contributed by atoms with van der Waals surface area (Å²) in [5.41, 5.74) is 3.90. The molecule has 1 amide bonds. The minimum Gasteiger partial charge on any atom is -0.380 e. The van der Waals surface area contributed by atoms with E-state index in [1.165, 1.54) is 0 Å². The van der Waals surface area contributed by atoms with Gasteiger partial charge >= 0.3 is 0 Å². The molecular formula is C18H22N2O2S. The smallest absolute Gasteiger partial charge is 0.254 e. The van der Waals surface area contributed by atoms with Crippen molar-refractivity contribution in [3.8, 4) is 0 Å². The van der Waals surface area contributed by atoms with Crippen molar-refractivity contribution >= 4 is 17.2 Å². The molecule has 0 spiro atoms. The zero-order chi connectivity index (χ0) is 16.4. The van der Waals surface area contributed by atoms with Crippen LogP contribution in [0.5, 0.6) is 0 Å². The number of hydrogen-bond donors (Lipinski definition) is 0. The molecule has 2 heterocycles. The topological polar surface area (TPSA) is 42.4 Å². The first-order valence-corrected chi connectivity index (χ1v) is 8.79. The Hall–Kier alpha value is -1.72. The fraction of sp³-hybridized carbons (Fsp3) is 0.444. The summed E-state index contributed by atoms with van der Waals surface area (Å²) in [6, 6.07) is 6.09. The number of rotatable bonds is 4. The van der Waals surface area contributed by atoms with Gasteiger partial charge in [0.1, 0.15) is 5.01 Å². The quantitative estimate of drug-likeness (QED) is 0.854. The number of amides is 1. The molecule has 1 aliphatic rings. The van der Waals surface area contributed by atoms with Gasteiger partial charge in [-0.1, -0.05) is 6.07 Å². The van der Waals surface area contributed by atoms with E-state index in [1.807, 2.05) is 30.9 Å². The third kappa shape index (κ3) is 3.46. The summed E-state index contributed by atoms with van der Waals surface area (Å²) in [4.78, 5) is 19.6. The average Bonchev–Trinajstić information content (AvgIpc) is 3.14. The third-order valence-electron chi connectivity index (χ3n) is 4.13. The number of thiazole rings is 1. The lowest BCUT2D eigenvalue weighted by Gasteiger charge is -2.23. The first kappa shape index (κ1) is 16.1. The van der Waals surface area contributed by atoms with Gasteiger partial charge in [0.15, 0.2) is 0 Å². The molecule has 4 nitrogen and oxygen atoms in total. The SMILES string of the molecule is COCc1cc(C)cc(C(=O)N2CCCC2c2nc(C)cs2)c1.